The van der Waals surface area contributed by atoms with Crippen molar-refractivity contribution in [2.45, 2.75) is 13.3 Å². The third-order valence-corrected chi connectivity index (χ3v) is 1.65. The van der Waals surface area contributed by atoms with Crippen LogP contribution in [0.15, 0.2) is 30.3 Å². The van der Waals surface area contributed by atoms with E-state index in [1.54, 1.807) is 12.1 Å². The lowest BCUT2D eigenvalue weighted by atomic mass is 10.2. The lowest BCUT2D eigenvalue weighted by Gasteiger charge is -1.92. The molecule has 13 heavy (non-hydrogen) atoms. The van der Waals surface area contributed by atoms with E-state index in [4.69, 9.17) is 0 Å². The molecule has 0 bridgehead atoms. The van der Waals surface area contributed by atoms with Crippen LogP contribution in [0, 0.1) is 10.1 Å². The molecule has 0 aromatic heterocycles. The molecule has 3 nitrogen and oxygen atoms in total. The van der Waals surface area contributed by atoms with Crippen LogP contribution in [0.1, 0.15) is 18.9 Å². The third kappa shape index (κ3) is 2.71. The van der Waals surface area contributed by atoms with Crippen LogP contribution in [0.4, 0.5) is 5.69 Å². The predicted octanol–water partition coefficient (Wildman–Crippen LogP) is 3.02. The minimum absolute atomic E-state index is 0.133. The molecule has 0 fully saturated rings. The second-order valence-electron chi connectivity index (χ2n) is 2.66. The maximum absolute atomic E-state index is 10.3. The molecule has 1 aromatic rings. The summed E-state index contributed by atoms with van der Waals surface area (Å²) in [6.45, 7) is 2.04. The largest absolute Gasteiger partial charge is 0.269 e. The predicted molar refractivity (Wildman–Crippen MR) is 52.4 cm³/mol. The number of nitro benzene ring substituents is 1. The maximum Gasteiger partial charge on any atom is 0.269 e. The van der Waals surface area contributed by atoms with Gasteiger partial charge < -0.3 is 0 Å². The Morgan fingerprint density at radius 3 is 2.46 bits per heavy atom. The smallest absolute Gasteiger partial charge is 0.258 e. The Balaban J connectivity index is 2.81. The van der Waals surface area contributed by atoms with E-state index in [2.05, 4.69) is 0 Å². The Hall–Kier alpha value is -1.64. The highest BCUT2D eigenvalue weighted by atomic mass is 16.6. The quantitative estimate of drug-likeness (QED) is 0.526. The van der Waals surface area contributed by atoms with Gasteiger partial charge in [-0.15, -0.1) is 0 Å². The summed E-state index contributed by atoms with van der Waals surface area (Å²) in [5.74, 6) is 0. The number of hydrogen-bond donors (Lipinski definition) is 0. The molecule has 0 saturated carbocycles. The molecule has 1 rings (SSSR count). The van der Waals surface area contributed by atoms with Crippen LogP contribution in [0.3, 0.4) is 0 Å². The van der Waals surface area contributed by atoms with Crippen molar-refractivity contribution in [2.75, 3.05) is 0 Å². The van der Waals surface area contributed by atoms with Crippen LogP contribution in [0.5, 0.6) is 0 Å². The lowest BCUT2D eigenvalue weighted by Crippen LogP contribution is -1.86. The van der Waals surface area contributed by atoms with E-state index in [-0.39, 0.29) is 5.69 Å². The molecule has 68 valence electrons. The highest BCUT2D eigenvalue weighted by molar-refractivity contribution is 5.51. The van der Waals surface area contributed by atoms with Gasteiger partial charge in [-0.1, -0.05) is 19.1 Å². The van der Waals surface area contributed by atoms with Crippen molar-refractivity contribution in [3.05, 3.63) is 46.0 Å². The summed E-state index contributed by atoms with van der Waals surface area (Å²) in [6.07, 6.45) is 4.93. The molecule has 1 aromatic carbocycles. The fraction of sp³-hybridized carbons (Fsp3) is 0.200. The Labute approximate surface area is 76.9 Å². The SMILES string of the molecule is CCC=Cc1ccc([N+](=O)[O-])cc1. The summed E-state index contributed by atoms with van der Waals surface area (Å²) in [5, 5.41) is 10.3. The molecule has 0 aliphatic heterocycles. The summed E-state index contributed by atoms with van der Waals surface area (Å²) < 4.78 is 0. The molecule has 0 radical (unpaired) electrons. The van der Waals surface area contributed by atoms with Crippen LogP contribution in [0.25, 0.3) is 6.08 Å². The van der Waals surface area contributed by atoms with Crippen molar-refractivity contribution in [3.63, 3.8) is 0 Å². The van der Waals surface area contributed by atoms with E-state index < -0.39 is 4.92 Å². The first kappa shape index (κ1) is 9.45. The van der Waals surface area contributed by atoms with Crippen LogP contribution in [-0.4, -0.2) is 4.92 Å². The van der Waals surface area contributed by atoms with E-state index in [1.807, 2.05) is 19.1 Å². The zero-order valence-electron chi connectivity index (χ0n) is 7.43. The average Bonchev–Trinajstić information content (AvgIpc) is 2.15. The standard InChI is InChI=1S/C10H11NO2/c1-2-3-4-9-5-7-10(8-6-9)11(12)13/h3-8H,2H2,1H3. The van der Waals surface area contributed by atoms with Crippen LogP contribution in [0.2, 0.25) is 0 Å². The summed E-state index contributed by atoms with van der Waals surface area (Å²) in [5.41, 5.74) is 1.13. The summed E-state index contributed by atoms with van der Waals surface area (Å²) in [4.78, 5) is 9.92. The van der Waals surface area contributed by atoms with E-state index in [1.165, 1.54) is 12.1 Å². The third-order valence-electron chi connectivity index (χ3n) is 1.65. The normalized spacial score (nSPS) is 10.5. The highest BCUT2D eigenvalue weighted by Gasteiger charge is 2.01. The van der Waals surface area contributed by atoms with Gasteiger partial charge in [-0.3, -0.25) is 10.1 Å². The zero-order valence-corrected chi connectivity index (χ0v) is 7.43. The molecule has 0 aliphatic rings. The van der Waals surface area contributed by atoms with E-state index in [9.17, 15) is 10.1 Å². The molecule has 0 N–H and O–H groups in total. The van der Waals surface area contributed by atoms with Crippen molar-refractivity contribution in [1.29, 1.82) is 0 Å². The number of nitro groups is 1. The Bertz CT molecular complexity index is 314. The number of non-ortho nitro benzene ring substituents is 1. The summed E-state index contributed by atoms with van der Waals surface area (Å²) >= 11 is 0. The van der Waals surface area contributed by atoms with Crippen LogP contribution < -0.4 is 0 Å². The van der Waals surface area contributed by atoms with Gasteiger partial charge in [0.1, 0.15) is 0 Å². The molecule has 0 atom stereocenters. The Morgan fingerprint density at radius 2 is 2.00 bits per heavy atom. The van der Waals surface area contributed by atoms with Gasteiger partial charge in [0, 0.05) is 12.1 Å². The molecule has 0 saturated heterocycles. The van der Waals surface area contributed by atoms with E-state index in [0.29, 0.717) is 0 Å². The van der Waals surface area contributed by atoms with Gasteiger partial charge in [-0.25, -0.2) is 0 Å². The van der Waals surface area contributed by atoms with Crippen molar-refractivity contribution in [2.24, 2.45) is 0 Å². The average molecular weight is 177 g/mol. The molecule has 3 heteroatoms. The number of allylic oxidation sites excluding steroid dienone is 1. The molecular weight excluding hydrogens is 166 g/mol. The lowest BCUT2D eigenvalue weighted by molar-refractivity contribution is -0.384. The van der Waals surface area contributed by atoms with E-state index in [0.717, 1.165) is 12.0 Å². The molecule has 0 heterocycles. The topological polar surface area (TPSA) is 43.1 Å². The molecule has 0 amide bonds. The van der Waals surface area contributed by atoms with Crippen LogP contribution in [-0.2, 0) is 0 Å². The first-order valence-corrected chi connectivity index (χ1v) is 4.15. The maximum atomic E-state index is 10.3. The van der Waals surface area contributed by atoms with Crippen molar-refractivity contribution < 1.29 is 4.92 Å². The first-order chi connectivity index (χ1) is 6.24. The van der Waals surface area contributed by atoms with Gasteiger partial charge in [-0.2, -0.15) is 0 Å². The molecule has 0 spiro atoms. The minimum atomic E-state index is -0.396. The number of rotatable bonds is 3. The van der Waals surface area contributed by atoms with E-state index >= 15 is 0 Å². The van der Waals surface area contributed by atoms with Gasteiger partial charge in [0.15, 0.2) is 0 Å². The van der Waals surface area contributed by atoms with Gasteiger partial charge in [0.2, 0.25) is 0 Å². The second kappa shape index (κ2) is 4.40. The zero-order chi connectivity index (χ0) is 9.68. The number of hydrogen-bond acceptors (Lipinski definition) is 2. The summed E-state index contributed by atoms with van der Waals surface area (Å²) in [7, 11) is 0. The second-order valence-corrected chi connectivity index (χ2v) is 2.66. The van der Waals surface area contributed by atoms with Gasteiger partial charge >= 0.3 is 0 Å². The Morgan fingerprint density at radius 1 is 1.38 bits per heavy atom. The molecular formula is C10H11NO2. The fourth-order valence-corrected chi connectivity index (χ4v) is 0.961. The molecule has 0 unspecified atom stereocenters. The van der Waals surface area contributed by atoms with Crippen molar-refractivity contribution in [3.8, 4) is 0 Å². The number of nitrogens with zero attached hydrogens (tertiary/aromatic N) is 1. The van der Waals surface area contributed by atoms with Crippen LogP contribution >= 0.6 is 0 Å². The minimum Gasteiger partial charge on any atom is -0.258 e. The fourth-order valence-electron chi connectivity index (χ4n) is 0.961. The number of benzene rings is 1. The van der Waals surface area contributed by atoms with Gasteiger partial charge in [-0.05, 0) is 24.1 Å². The molecule has 0 aliphatic carbocycles. The van der Waals surface area contributed by atoms with Crippen molar-refractivity contribution in [1.82, 2.24) is 0 Å². The summed E-state index contributed by atoms with van der Waals surface area (Å²) in [6, 6.07) is 6.50. The monoisotopic (exact) mass is 177 g/mol. The van der Waals surface area contributed by atoms with Crippen molar-refractivity contribution >= 4 is 11.8 Å². The van der Waals surface area contributed by atoms with Gasteiger partial charge in [0.05, 0.1) is 4.92 Å². The Kier molecular flexibility index (Phi) is 3.20. The van der Waals surface area contributed by atoms with Gasteiger partial charge in [0.25, 0.3) is 5.69 Å². The highest BCUT2D eigenvalue weighted by Crippen LogP contribution is 2.12. The first-order valence-electron chi connectivity index (χ1n) is 4.15.